The van der Waals surface area contributed by atoms with Crippen LogP contribution >= 0.6 is 0 Å². The van der Waals surface area contributed by atoms with Crippen LogP contribution in [0.5, 0.6) is 0 Å². The molecule has 3 atom stereocenters. The molecular formula is C29H38N4O3. The summed E-state index contributed by atoms with van der Waals surface area (Å²) >= 11 is 0. The summed E-state index contributed by atoms with van der Waals surface area (Å²) in [5.74, 6) is 0.357. The maximum Gasteiger partial charge on any atom is 0.316 e. The van der Waals surface area contributed by atoms with Crippen molar-refractivity contribution in [2.75, 3.05) is 19.6 Å². The van der Waals surface area contributed by atoms with Gasteiger partial charge in [-0.15, -0.1) is 6.58 Å². The number of benzene rings is 1. The normalized spacial score (nSPS) is 23.1. The van der Waals surface area contributed by atoms with E-state index in [1.165, 1.54) is 31.4 Å². The summed E-state index contributed by atoms with van der Waals surface area (Å²) in [7, 11) is 0. The largest absolute Gasteiger partial charge is 0.461 e. The van der Waals surface area contributed by atoms with Gasteiger partial charge in [0.1, 0.15) is 11.8 Å². The summed E-state index contributed by atoms with van der Waals surface area (Å²) in [5, 5.41) is 6.23. The molecule has 2 saturated carbocycles. The highest BCUT2D eigenvalue weighted by atomic mass is 16.5. The Morgan fingerprint density at radius 1 is 1.06 bits per heavy atom. The van der Waals surface area contributed by atoms with Crippen LogP contribution in [0.2, 0.25) is 0 Å². The molecular weight excluding hydrogens is 452 g/mol. The molecule has 2 aliphatic carbocycles. The molecule has 0 spiro atoms. The van der Waals surface area contributed by atoms with Crippen molar-refractivity contribution >= 4 is 11.9 Å². The predicted octanol–water partition coefficient (Wildman–Crippen LogP) is 4.21. The number of hydrogen-bond donors (Lipinski definition) is 2. The number of carbonyl (C=O) groups excluding carboxylic acids is 2. The quantitative estimate of drug-likeness (QED) is 0.212. The van der Waals surface area contributed by atoms with E-state index in [1.807, 2.05) is 24.3 Å². The van der Waals surface area contributed by atoms with Crippen molar-refractivity contribution in [3.05, 3.63) is 72.8 Å². The number of carbonyl (C=O) groups is 2. The number of nitrogens with one attached hydrogen (secondary N) is 2. The van der Waals surface area contributed by atoms with Gasteiger partial charge in [0, 0.05) is 31.4 Å². The van der Waals surface area contributed by atoms with E-state index in [0.29, 0.717) is 24.7 Å². The highest BCUT2D eigenvalue weighted by Crippen LogP contribution is 2.44. The molecule has 2 aliphatic rings. The summed E-state index contributed by atoms with van der Waals surface area (Å²) in [6, 6.07) is 10.2. The van der Waals surface area contributed by atoms with Crippen LogP contribution in [0.15, 0.2) is 61.6 Å². The van der Waals surface area contributed by atoms with Crippen molar-refractivity contribution in [2.24, 2.45) is 11.8 Å². The standard InChI is InChI=1S/C29H38N4O3/c1-2-22-20-26(24(22)12-15-30-16-19-33-27(34)25-21-31-17-18-32-25)36-28(35)29(13-8-3-4-9-14-29)23-10-6-5-7-11-23/h2,5-7,10-11,17-18,21-22,24,26,30H,1,3-4,8-9,12-16,19-20H2,(H,33,34)/t22?,24?,26-/m0/s1. The number of aromatic nitrogens is 2. The van der Waals surface area contributed by atoms with Gasteiger partial charge >= 0.3 is 5.97 Å². The number of ether oxygens (including phenoxy) is 1. The number of nitrogens with zero attached hydrogens (tertiary/aromatic N) is 2. The Kier molecular flexibility index (Phi) is 9.23. The Morgan fingerprint density at radius 2 is 1.83 bits per heavy atom. The van der Waals surface area contributed by atoms with Gasteiger partial charge < -0.3 is 15.4 Å². The van der Waals surface area contributed by atoms with E-state index >= 15 is 0 Å². The fraction of sp³-hybridized carbons (Fsp3) is 0.517. The van der Waals surface area contributed by atoms with E-state index in [9.17, 15) is 9.59 Å². The number of esters is 1. The topological polar surface area (TPSA) is 93.2 Å². The second kappa shape index (κ2) is 12.8. The van der Waals surface area contributed by atoms with Crippen LogP contribution in [-0.4, -0.2) is 47.6 Å². The zero-order valence-electron chi connectivity index (χ0n) is 21.0. The molecule has 0 aliphatic heterocycles. The molecule has 7 nitrogen and oxygen atoms in total. The minimum Gasteiger partial charge on any atom is -0.461 e. The molecule has 192 valence electrons. The third-order valence-corrected chi connectivity index (χ3v) is 7.80. The van der Waals surface area contributed by atoms with E-state index < -0.39 is 5.41 Å². The summed E-state index contributed by atoms with van der Waals surface area (Å²) in [6.45, 7) is 5.94. The molecule has 1 amide bonds. The van der Waals surface area contributed by atoms with Gasteiger partial charge in [0.2, 0.25) is 0 Å². The van der Waals surface area contributed by atoms with Gasteiger partial charge in [-0.25, -0.2) is 4.98 Å². The molecule has 36 heavy (non-hydrogen) atoms. The molecule has 4 rings (SSSR count). The number of rotatable bonds is 11. The molecule has 2 N–H and O–H groups in total. The van der Waals surface area contributed by atoms with E-state index in [4.69, 9.17) is 4.74 Å². The van der Waals surface area contributed by atoms with Crippen LogP contribution in [0.1, 0.15) is 67.4 Å². The van der Waals surface area contributed by atoms with Crippen LogP contribution in [0.25, 0.3) is 0 Å². The van der Waals surface area contributed by atoms with Crippen LogP contribution < -0.4 is 10.6 Å². The van der Waals surface area contributed by atoms with Crippen LogP contribution in [0.4, 0.5) is 0 Å². The van der Waals surface area contributed by atoms with Gasteiger partial charge in [0.25, 0.3) is 5.91 Å². The highest BCUT2D eigenvalue weighted by Gasteiger charge is 2.47. The summed E-state index contributed by atoms with van der Waals surface area (Å²) in [4.78, 5) is 33.7. The van der Waals surface area contributed by atoms with E-state index in [0.717, 1.165) is 50.6 Å². The summed E-state index contributed by atoms with van der Waals surface area (Å²) < 4.78 is 6.26. The lowest BCUT2D eigenvalue weighted by atomic mass is 9.68. The van der Waals surface area contributed by atoms with Crippen molar-refractivity contribution in [1.29, 1.82) is 0 Å². The minimum absolute atomic E-state index is 0.0483. The van der Waals surface area contributed by atoms with Gasteiger partial charge in [-0.1, -0.05) is 62.1 Å². The van der Waals surface area contributed by atoms with Crippen LogP contribution in [0.3, 0.4) is 0 Å². The van der Waals surface area contributed by atoms with Crippen molar-refractivity contribution in [2.45, 2.75) is 62.9 Å². The first-order valence-electron chi connectivity index (χ1n) is 13.3. The third kappa shape index (κ3) is 6.19. The molecule has 7 heteroatoms. The second-order valence-corrected chi connectivity index (χ2v) is 9.99. The minimum atomic E-state index is -0.527. The third-order valence-electron chi connectivity index (χ3n) is 7.80. The number of amides is 1. The zero-order chi connectivity index (χ0) is 25.2. The van der Waals surface area contributed by atoms with E-state index in [-0.39, 0.29) is 23.9 Å². The summed E-state index contributed by atoms with van der Waals surface area (Å²) in [5.41, 5.74) is 0.881. The summed E-state index contributed by atoms with van der Waals surface area (Å²) in [6.07, 6.45) is 14.4. The first kappa shape index (κ1) is 26.0. The fourth-order valence-corrected chi connectivity index (χ4v) is 5.62. The smallest absolute Gasteiger partial charge is 0.316 e. The van der Waals surface area contributed by atoms with Gasteiger partial charge in [-0.2, -0.15) is 0 Å². The predicted molar refractivity (Wildman–Crippen MR) is 139 cm³/mol. The molecule has 0 saturated heterocycles. The van der Waals surface area contributed by atoms with Crippen molar-refractivity contribution < 1.29 is 14.3 Å². The SMILES string of the molecule is C=CC1C[C@H](OC(=O)C2(c3ccccc3)CCCCCC2)C1CCNCCNC(=O)c1cnccn1. The first-order chi connectivity index (χ1) is 17.6. The molecule has 1 aromatic carbocycles. The maximum atomic E-state index is 13.7. The fourth-order valence-electron chi connectivity index (χ4n) is 5.62. The Labute approximate surface area is 214 Å². The first-order valence-corrected chi connectivity index (χ1v) is 13.3. The van der Waals surface area contributed by atoms with E-state index in [1.54, 1.807) is 0 Å². The molecule has 1 heterocycles. The Bertz CT molecular complexity index is 990. The van der Waals surface area contributed by atoms with Gasteiger partial charge in [-0.05, 0) is 43.7 Å². The molecule has 0 bridgehead atoms. The van der Waals surface area contributed by atoms with Gasteiger partial charge in [-0.3, -0.25) is 14.6 Å². The molecule has 1 aromatic heterocycles. The lowest BCUT2D eigenvalue weighted by molar-refractivity contribution is -0.169. The monoisotopic (exact) mass is 490 g/mol. The molecule has 0 radical (unpaired) electrons. The van der Waals surface area contributed by atoms with Crippen molar-refractivity contribution in [1.82, 2.24) is 20.6 Å². The Morgan fingerprint density at radius 3 is 2.53 bits per heavy atom. The average molecular weight is 491 g/mol. The highest BCUT2D eigenvalue weighted by molar-refractivity contribution is 5.91. The lowest BCUT2D eigenvalue weighted by Gasteiger charge is -2.44. The van der Waals surface area contributed by atoms with E-state index in [2.05, 4.69) is 39.3 Å². The van der Waals surface area contributed by atoms with Gasteiger partial charge in [0.05, 0.1) is 11.6 Å². The van der Waals surface area contributed by atoms with Crippen molar-refractivity contribution in [3.8, 4) is 0 Å². The van der Waals surface area contributed by atoms with Crippen LogP contribution in [0, 0.1) is 11.8 Å². The average Bonchev–Trinajstić information content (AvgIpc) is 3.18. The number of allylic oxidation sites excluding steroid dienone is 1. The zero-order valence-corrected chi connectivity index (χ0v) is 21.0. The van der Waals surface area contributed by atoms with Crippen molar-refractivity contribution in [3.63, 3.8) is 0 Å². The van der Waals surface area contributed by atoms with Crippen LogP contribution in [-0.2, 0) is 14.9 Å². The Balaban J connectivity index is 1.27. The lowest BCUT2D eigenvalue weighted by Crippen LogP contribution is -2.48. The second-order valence-electron chi connectivity index (χ2n) is 9.99. The molecule has 2 aromatic rings. The van der Waals surface area contributed by atoms with Gasteiger partial charge in [0.15, 0.2) is 0 Å². The maximum absolute atomic E-state index is 13.7. The Hall–Kier alpha value is -3.06. The molecule has 2 unspecified atom stereocenters. The number of hydrogen-bond acceptors (Lipinski definition) is 6. The molecule has 2 fully saturated rings.